The first kappa shape index (κ1) is 17.4. The van der Waals surface area contributed by atoms with E-state index >= 15 is 0 Å². The molecule has 0 saturated heterocycles. The van der Waals surface area contributed by atoms with Gasteiger partial charge in [-0.15, -0.1) is 0 Å². The van der Waals surface area contributed by atoms with E-state index in [1.165, 1.54) is 4.68 Å². The predicted octanol–water partition coefficient (Wildman–Crippen LogP) is 3.93. The molecule has 0 radical (unpaired) electrons. The Morgan fingerprint density at radius 3 is 2.48 bits per heavy atom. The Bertz CT molecular complexity index is 965. The van der Waals surface area contributed by atoms with Gasteiger partial charge in [-0.05, 0) is 30.2 Å². The maximum Gasteiger partial charge on any atom is 0.359 e. The van der Waals surface area contributed by atoms with Gasteiger partial charge in [-0.3, -0.25) is 4.79 Å². The number of nitrogens with zero attached hydrogens (tertiary/aromatic N) is 2. The van der Waals surface area contributed by atoms with E-state index in [4.69, 9.17) is 4.74 Å². The van der Waals surface area contributed by atoms with Gasteiger partial charge in [0.1, 0.15) is 6.61 Å². The van der Waals surface area contributed by atoms with Crippen LogP contribution in [0.3, 0.4) is 0 Å². The van der Waals surface area contributed by atoms with Gasteiger partial charge in [0.2, 0.25) is 0 Å². The zero-order valence-electron chi connectivity index (χ0n) is 13.7. The van der Waals surface area contributed by atoms with Crippen molar-refractivity contribution in [2.24, 2.45) is 0 Å². The quantitative estimate of drug-likeness (QED) is 0.608. The van der Waals surface area contributed by atoms with Gasteiger partial charge in [0.05, 0.1) is 5.39 Å². The second-order valence-corrected chi connectivity index (χ2v) is 6.54. The maximum atomic E-state index is 12.6. The van der Waals surface area contributed by atoms with Crippen molar-refractivity contribution < 1.29 is 9.53 Å². The molecule has 0 N–H and O–H groups in total. The van der Waals surface area contributed by atoms with Crippen molar-refractivity contribution in [3.63, 3.8) is 0 Å². The molecule has 3 rings (SSSR count). The molecule has 0 bridgehead atoms. The second kappa shape index (κ2) is 7.61. The molecule has 5 nitrogen and oxygen atoms in total. The number of esters is 1. The molecule has 0 atom stereocenters. The Balaban J connectivity index is 1.93. The van der Waals surface area contributed by atoms with Crippen molar-refractivity contribution in [1.29, 1.82) is 0 Å². The monoisotopic (exact) mass is 400 g/mol. The number of ether oxygens (including phenoxy) is 1. The summed E-state index contributed by atoms with van der Waals surface area (Å²) in [5, 5.41) is 5.23. The normalized spacial score (nSPS) is 10.8. The first-order valence-corrected chi connectivity index (χ1v) is 8.81. The van der Waals surface area contributed by atoms with Crippen molar-refractivity contribution >= 4 is 32.7 Å². The van der Waals surface area contributed by atoms with Crippen LogP contribution in [0.1, 0.15) is 29.4 Å². The summed E-state index contributed by atoms with van der Waals surface area (Å²) in [5.74, 6) is -0.538. The van der Waals surface area contributed by atoms with Crippen LogP contribution in [-0.2, 0) is 17.9 Å². The summed E-state index contributed by atoms with van der Waals surface area (Å²) in [6.07, 6.45) is 0.749. The minimum atomic E-state index is -0.538. The van der Waals surface area contributed by atoms with Crippen LogP contribution in [0.25, 0.3) is 10.8 Å². The van der Waals surface area contributed by atoms with E-state index in [0.717, 1.165) is 16.5 Å². The highest BCUT2D eigenvalue weighted by Crippen LogP contribution is 2.16. The smallest absolute Gasteiger partial charge is 0.359 e. The number of hydrogen-bond donors (Lipinski definition) is 0. The predicted molar refractivity (Wildman–Crippen MR) is 99.6 cm³/mol. The number of hydrogen-bond acceptors (Lipinski definition) is 4. The number of benzene rings is 2. The highest BCUT2D eigenvalue weighted by atomic mass is 79.9. The van der Waals surface area contributed by atoms with Gasteiger partial charge in [-0.1, -0.05) is 53.2 Å². The number of carbonyl (C=O) groups excluding carboxylic acids is 1. The van der Waals surface area contributed by atoms with Crippen LogP contribution in [0.5, 0.6) is 0 Å². The van der Waals surface area contributed by atoms with Crippen molar-refractivity contribution in [2.75, 3.05) is 0 Å². The standard InChI is InChI=1S/C19H17BrN2O3/c1-2-11-22-18(23)16-6-4-3-5-15(16)17(21-22)19(24)25-12-13-7-9-14(20)10-8-13/h3-10H,2,11-12H2,1H3. The highest BCUT2D eigenvalue weighted by molar-refractivity contribution is 9.10. The highest BCUT2D eigenvalue weighted by Gasteiger charge is 2.17. The number of fused-ring (bicyclic) bond motifs is 1. The van der Waals surface area contributed by atoms with Gasteiger partial charge in [0.15, 0.2) is 5.69 Å². The average molecular weight is 401 g/mol. The van der Waals surface area contributed by atoms with Crippen molar-refractivity contribution in [3.8, 4) is 0 Å². The number of halogens is 1. The first-order valence-electron chi connectivity index (χ1n) is 8.01. The third kappa shape index (κ3) is 3.79. The SMILES string of the molecule is CCCn1nc(C(=O)OCc2ccc(Br)cc2)c2ccccc2c1=O. The van der Waals surface area contributed by atoms with Crippen LogP contribution in [-0.4, -0.2) is 15.7 Å². The Kier molecular flexibility index (Phi) is 5.28. The van der Waals surface area contributed by atoms with Crippen molar-refractivity contribution in [1.82, 2.24) is 9.78 Å². The zero-order valence-corrected chi connectivity index (χ0v) is 15.3. The van der Waals surface area contributed by atoms with E-state index in [0.29, 0.717) is 17.3 Å². The molecule has 0 aliphatic carbocycles. The summed E-state index contributed by atoms with van der Waals surface area (Å²) < 4.78 is 7.69. The largest absolute Gasteiger partial charge is 0.456 e. The molecule has 0 saturated carbocycles. The molecule has 1 aromatic heterocycles. The van der Waals surface area contributed by atoms with E-state index in [1.54, 1.807) is 24.3 Å². The lowest BCUT2D eigenvalue weighted by atomic mass is 10.1. The minimum Gasteiger partial charge on any atom is -0.456 e. The van der Waals surface area contributed by atoms with Gasteiger partial charge < -0.3 is 4.74 Å². The molecule has 0 fully saturated rings. The van der Waals surface area contributed by atoms with Crippen LogP contribution in [0, 0.1) is 0 Å². The molecule has 0 aliphatic heterocycles. The van der Waals surface area contributed by atoms with Crippen LogP contribution in [0.4, 0.5) is 0 Å². The van der Waals surface area contributed by atoms with Gasteiger partial charge in [0.25, 0.3) is 5.56 Å². The van der Waals surface area contributed by atoms with Gasteiger partial charge in [-0.25, -0.2) is 9.48 Å². The Hall–Kier alpha value is -2.47. The lowest BCUT2D eigenvalue weighted by molar-refractivity contribution is 0.0465. The summed E-state index contributed by atoms with van der Waals surface area (Å²) in [5.41, 5.74) is 0.852. The fourth-order valence-corrected chi connectivity index (χ4v) is 2.81. The number of rotatable bonds is 5. The molecule has 3 aromatic rings. The molecule has 1 heterocycles. The Morgan fingerprint density at radius 1 is 1.12 bits per heavy atom. The molecule has 0 amide bonds. The van der Waals surface area contributed by atoms with E-state index in [2.05, 4.69) is 21.0 Å². The molecule has 0 unspecified atom stereocenters. The molecule has 0 spiro atoms. The summed E-state index contributed by atoms with van der Waals surface area (Å²) in [7, 11) is 0. The third-order valence-corrected chi connectivity index (χ3v) is 4.31. The zero-order chi connectivity index (χ0) is 17.8. The van der Waals surface area contributed by atoms with Crippen LogP contribution >= 0.6 is 15.9 Å². The Labute approximate surface area is 153 Å². The fraction of sp³-hybridized carbons (Fsp3) is 0.211. The van der Waals surface area contributed by atoms with Gasteiger partial charge >= 0.3 is 5.97 Å². The number of aromatic nitrogens is 2. The number of carbonyl (C=O) groups is 1. The van der Waals surface area contributed by atoms with Crippen LogP contribution in [0.15, 0.2) is 57.8 Å². The summed E-state index contributed by atoms with van der Waals surface area (Å²) in [6.45, 7) is 2.56. The molecule has 0 aliphatic rings. The summed E-state index contributed by atoms with van der Waals surface area (Å²) >= 11 is 3.37. The molecule has 128 valence electrons. The van der Waals surface area contributed by atoms with Gasteiger partial charge in [-0.2, -0.15) is 5.10 Å². The van der Waals surface area contributed by atoms with Crippen molar-refractivity contribution in [3.05, 3.63) is 74.6 Å². The second-order valence-electron chi connectivity index (χ2n) is 5.63. The third-order valence-electron chi connectivity index (χ3n) is 3.78. The molecular formula is C19H17BrN2O3. The van der Waals surface area contributed by atoms with E-state index in [9.17, 15) is 9.59 Å². The number of aryl methyl sites for hydroxylation is 1. The van der Waals surface area contributed by atoms with E-state index < -0.39 is 5.97 Å². The molecule has 25 heavy (non-hydrogen) atoms. The molecule has 2 aromatic carbocycles. The fourth-order valence-electron chi connectivity index (χ4n) is 2.55. The summed E-state index contributed by atoms with van der Waals surface area (Å²) in [6, 6.07) is 14.5. The van der Waals surface area contributed by atoms with Crippen LogP contribution < -0.4 is 5.56 Å². The van der Waals surface area contributed by atoms with Crippen LogP contribution in [0.2, 0.25) is 0 Å². The maximum absolute atomic E-state index is 12.6. The topological polar surface area (TPSA) is 61.2 Å². The van der Waals surface area contributed by atoms with E-state index in [-0.39, 0.29) is 17.9 Å². The molecular weight excluding hydrogens is 384 g/mol. The molecule has 6 heteroatoms. The Morgan fingerprint density at radius 2 is 1.80 bits per heavy atom. The first-order chi connectivity index (χ1) is 12.1. The van der Waals surface area contributed by atoms with Crippen molar-refractivity contribution in [2.45, 2.75) is 26.5 Å². The average Bonchev–Trinajstić information content (AvgIpc) is 2.63. The lowest BCUT2D eigenvalue weighted by Crippen LogP contribution is -2.26. The lowest BCUT2D eigenvalue weighted by Gasteiger charge is -2.10. The van der Waals surface area contributed by atoms with Gasteiger partial charge in [0, 0.05) is 16.4 Å². The summed E-state index contributed by atoms with van der Waals surface area (Å²) in [4.78, 5) is 25.0. The van der Waals surface area contributed by atoms with E-state index in [1.807, 2.05) is 31.2 Å². The minimum absolute atomic E-state index is 0.148.